The smallest absolute Gasteiger partial charge is 0.0208 e. The molecule has 0 bridgehead atoms. The van der Waals surface area contributed by atoms with E-state index < -0.39 is 0 Å². The van der Waals surface area contributed by atoms with Crippen molar-refractivity contribution in [1.29, 1.82) is 0 Å². The Morgan fingerprint density at radius 2 is 1.71 bits per heavy atom. The van der Waals surface area contributed by atoms with Crippen molar-refractivity contribution in [3.05, 3.63) is 35.4 Å². The van der Waals surface area contributed by atoms with Crippen molar-refractivity contribution in [2.24, 2.45) is 0 Å². The topological polar surface area (TPSA) is 12.0 Å². The molecule has 0 radical (unpaired) electrons. The fraction of sp³-hybridized carbons (Fsp3) is 0.538. The number of rotatable bonds is 0. The number of aryl methyl sites for hydroxylation is 1. The second kappa shape index (κ2) is 7.57. The van der Waals surface area contributed by atoms with E-state index in [9.17, 15) is 0 Å². The van der Waals surface area contributed by atoms with Crippen molar-refractivity contribution in [3.63, 3.8) is 0 Å². The highest BCUT2D eigenvalue weighted by Crippen LogP contribution is 2.12. The normalized spacial score (nSPS) is 13.9. The van der Waals surface area contributed by atoms with E-state index >= 15 is 0 Å². The Morgan fingerprint density at radius 1 is 1.07 bits per heavy atom. The zero-order valence-electron chi connectivity index (χ0n) is 8.64. The highest BCUT2D eigenvalue weighted by Gasteiger charge is 2.04. The van der Waals surface area contributed by atoms with Crippen molar-refractivity contribution in [1.82, 2.24) is 5.32 Å². The van der Waals surface area contributed by atoms with Crippen LogP contribution in [0.15, 0.2) is 24.3 Å². The molecule has 0 saturated carbocycles. The van der Waals surface area contributed by atoms with Crippen LogP contribution in [0.5, 0.6) is 0 Å². The minimum atomic E-state index is 0. The summed E-state index contributed by atoms with van der Waals surface area (Å²) in [5.41, 5.74) is 3.00. The minimum Gasteiger partial charge on any atom is -0.313 e. The zero-order valence-corrected chi connectivity index (χ0v) is 8.64. The Hall–Kier alpha value is -0.820. The molecule has 0 amide bonds. The third-order valence-electron chi connectivity index (χ3n) is 2.23. The van der Waals surface area contributed by atoms with Gasteiger partial charge in [0.2, 0.25) is 0 Å². The van der Waals surface area contributed by atoms with Gasteiger partial charge in [0.05, 0.1) is 0 Å². The lowest BCUT2D eigenvalue weighted by molar-refractivity contribution is 0.681. The second-order valence-corrected chi connectivity index (χ2v) is 3.05. The quantitative estimate of drug-likeness (QED) is 0.666. The number of hydrogen-bond acceptors (Lipinski definition) is 1. The van der Waals surface area contributed by atoms with Gasteiger partial charge in [-0.1, -0.05) is 45.5 Å². The molecule has 1 aromatic carbocycles. The van der Waals surface area contributed by atoms with Gasteiger partial charge in [-0.3, -0.25) is 0 Å². The lowest BCUT2D eigenvalue weighted by atomic mass is 10.0. The summed E-state index contributed by atoms with van der Waals surface area (Å²) < 4.78 is 0. The van der Waals surface area contributed by atoms with Crippen molar-refractivity contribution in [2.75, 3.05) is 6.54 Å². The van der Waals surface area contributed by atoms with E-state index in [4.69, 9.17) is 0 Å². The van der Waals surface area contributed by atoms with E-state index in [-0.39, 0.29) is 7.43 Å². The van der Waals surface area contributed by atoms with Crippen molar-refractivity contribution < 1.29 is 0 Å². The van der Waals surface area contributed by atoms with Crippen molar-refractivity contribution >= 4 is 0 Å². The number of fused-ring (bicyclic) bond motifs is 1. The van der Waals surface area contributed by atoms with E-state index in [1.165, 1.54) is 24.0 Å². The number of hydrogen-bond donors (Lipinski definition) is 1. The standard InChI is InChI=1S/C10H13N.C2H6.CH4/c1-2-5-10-8-11-7-3-6-9(10)4-1;1-2;/h1-2,4-5,11H,3,6-8H2;1-2H3;1H4. The molecular formula is C13H23N. The van der Waals surface area contributed by atoms with Crippen LogP contribution in [-0.2, 0) is 13.0 Å². The molecule has 1 N–H and O–H groups in total. The van der Waals surface area contributed by atoms with Crippen LogP contribution in [-0.4, -0.2) is 6.54 Å². The Morgan fingerprint density at radius 3 is 2.43 bits per heavy atom. The largest absolute Gasteiger partial charge is 0.313 e. The third-order valence-corrected chi connectivity index (χ3v) is 2.23. The van der Waals surface area contributed by atoms with Crippen molar-refractivity contribution in [3.8, 4) is 0 Å². The first-order valence-corrected chi connectivity index (χ1v) is 5.24. The fourth-order valence-electron chi connectivity index (χ4n) is 1.60. The predicted octanol–water partition coefficient (Wildman–Crippen LogP) is 3.38. The second-order valence-electron chi connectivity index (χ2n) is 3.05. The third kappa shape index (κ3) is 3.51. The first-order chi connectivity index (χ1) is 6.47. The van der Waals surface area contributed by atoms with Gasteiger partial charge in [0.25, 0.3) is 0 Å². The monoisotopic (exact) mass is 193 g/mol. The van der Waals surface area contributed by atoms with Gasteiger partial charge in [-0.2, -0.15) is 0 Å². The molecule has 0 fully saturated rings. The summed E-state index contributed by atoms with van der Waals surface area (Å²) in [6.45, 7) is 6.21. The molecule has 0 atom stereocenters. The Labute approximate surface area is 88.5 Å². The molecule has 1 aromatic rings. The molecule has 1 heterocycles. The molecule has 0 unspecified atom stereocenters. The molecule has 1 aliphatic rings. The van der Waals surface area contributed by atoms with Gasteiger partial charge in [0.1, 0.15) is 0 Å². The highest BCUT2D eigenvalue weighted by atomic mass is 14.8. The van der Waals surface area contributed by atoms with Gasteiger partial charge >= 0.3 is 0 Å². The van der Waals surface area contributed by atoms with Gasteiger partial charge < -0.3 is 5.32 Å². The first-order valence-electron chi connectivity index (χ1n) is 5.24. The molecule has 0 aromatic heterocycles. The van der Waals surface area contributed by atoms with Crippen LogP contribution in [0.3, 0.4) is 0 Å². The number of benzene rings is 1. The van der Waals surface area contributed by atoms with Crippen LogP contribution in [0.2, 0.25) is 0 Å². The van der Waals surface area contributed by atoms with E-state index in [0.29, 0.717) is 0 Å². The highest BCUT2D eigenvalue weighted by molar-refractivity contribution is 5.27. The van der Waals surface area contributed by atoms with Crippen LogP contribution in [0, 0.1) is 0 Å². The average Bonchev–Trinajstić information content (AvgIpc) is 2.45. The van der Waals surface area contributed by atoms with Gasteiger partial charge in [0, 0.05) is 6.54 Å². The van der Waals surface area contributed by atoms with E-state index in [1.54, 1.807) is 0 Å². The van der Waals surface area contributed by atoms with Gasteiger partial charge in [-0.25, -0.2) is 0 Å². The minimum absolute atomic E-state index is 0. The molecule has 1 heteroatoms. The summed E-state index contributed by atoms with van der Waals surface area (Å²) in [6, 6.07) is 8.70. The molecular weight excluding hydrogens is 170 g/mol. The van der Waals surface area contributed by atoms with E-state index in [2.05, 4.69) is 29.6 Å². The predicted molar refractivity (Wildman–Crippen MR) is 64.5 cm³/mol. The number of nitrogens with one attached hydrogen (secondary N) is 1. The maximum atomic E-state index is 3.40. The average molecular weight is 193 g/mol. The summed E-state index contributed by atoms with van der Waals surface area (Å²) in [5.74, 6) is 0. The summed E-state index contributed by atoms with van der Waals surface area (Å²) in [6.07, 6.45) is 2.51. The molecule has 1 aliphatic heterocycles. The van der Waals surface area contributed by atoms with Crippen LogP contribution >= 0.6 is 0 Å². The van der Waals surface area contributed by atoms with Crippen molar-refractivity contribution in [2.45, 2.75) is 40.7 Å². The Bertz CT molecular complexity index is 218. The molecule has 0 spiro atoms. The summed E-state index contributed by atoms with van der Waals surface area (Å²) in [5, 5.41) is 3.40. The lowest BCUT2D eigenvalue weighted by Gasteiger charge is -2.02. The van der Waals surface area contributed by atoms with Crippen LogP contribution in [0.1, 0.15) is 38.8 Å². The molecule has 1 nitrogen and oxygen atoms in total. The van der Waals surface area contributed by atoms with Crippen LogP contribution in [0.25, 0.3) is 0 Å². The Balaban J connectivity index is 0.000000531. The molecule has 0 saturated heterocycles. The molecule has 14 heavy (non-hydrogen) atoms. The van der Waals surface area contributed by atoms with E-state index in [0.717, 1.165) is 13.1 Å². The van der Waals surface area contributed by atoms with Crippen LogP contribution in [0.4, 0.5) is 0 Å². The van der Waals surface area contributed by atoms with Gasteiger partial charge in [-0.05, 0) is 30.5 Å². The van der Waals surface area contributed by atoms with Gasteiger partial charge in [0.15, 0.2) is 0 Å². The maximum absolute atomic E-state index is 3.40. The first kappa shape index (κ1) is 13.2. The SMILES string of the molecule is C.CC.c1ccc2c(c1)CCCNC2. The van der Waals surface area contributed by atoms with Gasteiger partial charge in [-0.15, -0.1) is 0 Å². The summed E-state index contributed by atoms with van der Waals surface area (Å²) >= 11 is 0. The molecule has 80 valence electrons. The summed E-state index contributed by atoms with van der Waals surface area (Å²) in [4.78, 5) is 0. The molecule has 2 rings (SSSR count). The summed E-state index contributed by atoms with van der Waals surface area (Å²) in [7, 11) is 0. The lowest BCUT2D eigenvalue weighted by Crippen LogP contribution is -2.11. The van der Waals surface area contributed by atoms with Crippen LogP contribution < -0.4 is 5.32 Å². The zero-order chi connectivity index (χ0) is 9.52. The Kier molecular flexibility index (Phi) is 7.13. The molecule has 0 aliphatic carbocycles. The maximum Gasteiger partial charge on any atom is 0.0208 e. The van der Waals surface area contributed by atoms with E-state index in [1.807, 2.05) is 13.8 Å². The fourth-order valence-corrected chi connectivity index (χ4v) is 1.60.